The van der Waals surface area contributed by atoms with Crippen LogP contribution in [0.1, 0.15) is 26.2 Å². The number of esters is 1. The molecule has 0 bridgehead atoms. The van der Waals surface area contributed by atoms with Crippen molar-refractivity contribution in [2.45, 2.75) is 31.4 Å². The quantitative estimate of drug-likeness (QED) is 0.645. The van der Waals surface area contributed by atoms with E-state index in [0.717, 1.165) is 6.42 Å². The molecule has 4 nitrogen and oxygen atoms in total. The lowest BCUT2D eigenvalue weighted by Gasteiger charge is -2.28. The van der Waals surface area contributed by atoms with Gasteiger partial charge in [-0.1, -0.05) is 13.3 Å². The molecular formula is C9H16O4S. The fourth-order valence-corrected chi connectivity index (χ4v) is 4.12. The van der Waals surface area contributed by atoms with Crippen LogP contribution in [0.5, 0.6) is 0 Å². The van der Waals surface area contributed by atoms with Crippen LogP contribution in [0, 0.1) is 5.92 Å². The van der Waals surface area contributed by atoms with Gasteiger partial charge in [0.25, 0.3) is 0 Å². The number of methoxy groups -OCH3 is 1. The van der Waals surface area contributed by atoms with Crippen LogP contribution in [-0.4, -0.2) is 32.5 Å². The van der Waals surface area contributed by atoms with Crippen LogP contribution in [0.25, 0.3) is 0 Å². The molecule has 0 aromatic rings. The number of hydrogen-bond acceptors (Lipinski definition) is 4. The molecule has 0 spiro atoms. The molecule has 0 aromatic carbocycles. The highest BCUT2D eigenvalue weighted by molar-refractivity contribution is 7.92. The van der Waals surface area contributed by atoms with E-state index in [9.17, 15) is 13.2 Å². The standard InChI is InChI=1S/C9H16O4S/c1-3-7-5-4-6-14(11,12)8(7)9(10)13-2/h7-8H,3-6H2,1-2H3/t7-,8+/m1/s1. The summed E-state index contributed by atoms with van der Waals surface area (Å²) in [6, 6.07) is 0. The second-order valence-corrected chi connectivity index (χ2v) is 5.86. The van der Waals surface area contributed by atoms with Gasteiger partial charge in [0, 0.05) is 0 Å². The van der Waals surface area contributed by atoms with E-state index in [0.29, 0.717) is 12.8 Å². The van der Waals surface area contributed by atoms with Crippen LogP contribution in [0.3, 0.4) is 0 Å². The number of rotatable bonds is 2. The highest BCUT2D eigenvalue weighted by atomic mass is 32.2. The van der Waals surface area contributed by atoms with Gasteiger partial charge in [0.2, 0.25) is 0 Å². The topological polar surface area (TPSA) is 60.4 Å². The largest absolute Gasteiger partial charge is 0.468 e. The Morgan fingerprint density at radius 2 is 2.14 bits per heavy atom. The number of carbonyl (C=O) groups is 1. The molecule has 0 unspecified atom stereocenters. The molecule has 0 N–H and O–H groups in total. The lowest BCUT2D eigenvalue weighted by Crippen LogP contribution is -2.42. The molecule has 82 valence electrons. The average molecular weight is 220 g/mol. The van der Waals surface area contributed by atoms with Gasteiger partial charge in [0.15, 0.2) is 15.1 Å². The Balaban J connectivity index is 2.96. The number of sulfone groups is 1. The molecule has 0 amide bonds. The normalized spacial score (nSPS) is 31.0. The predicted molar refractivity (Wildman–Crippen MR) is 52.6 cm³/mol. The average Bonchev–Trinajstić information content (AvgIpc) is 2.15. The zero-order valence-corrected chi connectivity index (χ0v) is 9.34. The summed E-state index contributed by atoms with van der Waals surface area (Å²) in [5.74, 6) is -0.554. The van der Waals surface area contributed by atoms with Crippen molar-refractivity contribution in [2.75, 3.05) is 12.9 Å². The van der Waals surface area contributed by atoms with Crippen molar-refractivity contribution >= 4 is 15.8 Å². The summed E-state index contributed by atoms with van der Waals surface area (Å²) in [4.78, 5) is 11.4. The second-order valence-electron chi connectivity index (χ2n) is 3.62. The Bertz CT molecular complexity index is 307. The van der Waals surface area contributed by atoms with Crippen LogP contribution in [0.2, 0.25) is 0 Å². The molecule has 0 saturated carbocycles. The first-order chi connectivity index (χ1) is 6.53. The molecule has 0 radical (unpaired) electrons. The monoisotopic (exact) mass is 220 g/mol. The molecule has 5 heteroatoms. The summed E-state index contributed by atoms with van der Waals surface area (Å²) >= 11 is 0. The first-order valence-corrected chi connectivity index (χ1v) is 6.54. The maximum Gasteiger partial charge on any atom is 0.324 e. The molecule has 0 aromatic heterocycles. The van der Waals surface area contributed by atoms with E-state index in [1.807, 2.05) is 6.92 Å². The fourth-order valence-electron chi connectivity index (χ4n) is 1.99. The van der Waals surface area contributed by atoms with Crippen molar-refractivity contribution in [3.63, 3.8) is 0 Å². The summed E-state index contributed by atoms with van der Waals surface area (Å²) < 4.78 is 27.8. The summed E-state index contributed by atoms with van der Waals surface area (Å²) in [5, 5.41) is -0.925. The van der Waals surface area contributed by atoms with E-state index in [1.54, 1.807) is 0 Å². The van der Waals surface area contributed by atoms with E-state index < -0.39 is 21.1 Å². The lowest BCUT2D eigenvalue weighted by molar-refractivity contribution is -0.141. The fraction of sp³-hybridized carbons (Fsp3) is 0.889. The van der Waals surface area contributed by atoms with Crippen LogP contribution in [-0.2, 0) is 19.4 Å². The van der Waals surface area contributed by atoms with Crippen LogP contribution >= 0.6 is 0 Å². The Labute approximate surface area is 84.6 Å². The Morgan fingerprint density at radius 1 is 1.50 bits per heavy atom. The second kappa shape index (κ2) is 4.29. The summed E-state index contributed by atoms with van der Waals surface area (Å²) in [5.41, 5.74) is 0. The minimum Gasteiger partial charge on any atom is -0.468 e. The van der Waals surface area contributed by atoms with Crippen molar-refractivity contribution < 1.29 is 17.9 Å². The van der Waals surface area contributed by atoms with Gasteiger partial charge >= 0.3 is 5.97 Å². The third-order valence-electron chi connectivity index (χ3n) is 2.78. The molecular weight excluding hydrogens is 204 g/mol. The molecule has 1 rings (SSSR count). The molecule has 1 aliphatic heterocycles. The molecule has 1 saturated heterocycles. The third kappa shape index (κ3) is 2.08. The first kappa shape index (κ1) is 11.5. The van der Waals surface area contributed by atoms with Gasteiger partial charge in [-0.25, -0.2) is 8.42 Å². The van der Waals surface area contributed by atoms with Crippen LogP contribution in [0.4, 0.5) is 0 Å². The molecule has 2 atom stereocenters. The zero-order valence-electron chi connectivity index (χ0n) is 8.52. The van der Waals surface area contributed by atoms with Crippen molar-refractivity contribution in [3.8, 4) is 0 Å². The van der Waals surface area contributed by atoms with E-state index >= 15 is 0 Å². The molecule has 1 fully saturated rings. The van der Waals surface area contributed by atoms with Crippen molar-refractivity contribution in [1.82, 2.24) is 0 Å². The maximum atomic E-state index is 11.7. The Hall–Kier alpha value is -0.580. The highest BCUT2D eigenvalue weighted by Gasteiger charge is 2.42. The Kier molecular flexibility index (Phi) is 3.53. The first-order valence-electron chi connectivity index (χ1n) is 4.82. The minimum atomic E-state index is -3.27. The van der Waals surface area contributed by atoms with Crippen LogP contribution in [0.15, 0.2) is 0 Å². The zero-order chi connectivity index (χ0) is 10.8. The van der Waals surface area contributed by atoms with Crippen molar-refractivity contribution in [3.05, 3.63) is 0 Å². The van der Waals surface area contributed by atoms with Gasteiger partial charge in [-0.2, -0.15) is 0 Å². The van der Waals surface area contributed by atoms with E-state index in [-0.39, 0.29) is 11.7 Å². The summed E-state index contributed by atoms with van der Waals surface area (Å²) in [6.45, 7) is 1.90. The molecule has 0 aliphatic carbocycles. The number of carbonyl (C=O) groups excluding carboxylic acids is 1. The SMILES string of the molecule is CC[C@@H]1CCCS(=O)(=O)[C@@H]1C(=O)OC. The van der Waals surface area contributed by atoms with Gasteiger partial charge < -0.3 is 4.74 Å². The number of ether oxygens (including phenoxy) is 1. The molecule has 1 aliphatic rings. The van der Waals surface area contributed by atoms with E-state index in [4.69, 9.17) is 0 Å². The van der Waals surface area contributed by atoms with Gasteiger partial charge in [0.1, 0.15) is 0 Å². The molecule has 1 heterocycles. The van der Waals surface area contributed by atoms with Gasteiger partial charge in [-0.3, -0.25) is 4.79 Å². The minimum absolute atomic E-state index is 0.0683. The molecule has 14 heavy (non-hydrogen) atoms. The number of hydrogen-bond donors (Lipinski definition) is 0. The predicted octanol–water partition coefficient (Wildman–Crippen LogP) is 0.763. The Morgan fingerprint density at radius 3 is 2.64 bits per heavy atom. The van der Waals surface area contributed by atoms with Crippen molar-refractivity contribution in [2.24, 2.45) is 5.92 Å². The van der Waals surface area contributed by atoms with Crippen molar-refractivity contribution in [1.29, 1.82) is 0 Å². The maximum absolute atomic E-state index is 11.7. The van der Waals surface area contributed by atoms with Crippen LogP contribution < -0.4 is 0 Å². The van der Waals surface area contributed by atoms with Gasteiger partial charge in [-0.05, 0) is 18.8 Å². The smallest absolute Gasteiger partial charge is 0.324 e. The highest BCUT2D eigenvalue weighted by Crippen LogP contribution is 2.29. The summed E-state index contributed by atoms with van der Waals surface area (Å²) in [7, 11) is -2.04. The van der Waals surface area contributed by atoms with E-state index in [2.05, 4.69) is 4.74 Å². The van der Waals surface area contributed by atoms with Gasteiger partial charge in [-0.15, -0.1) is 0 Å². The van der Waals surface area contributed by atoms with E-state index in [1.165, 1.54) is 7.11 Å². The lowest BCUT2D eigenvalue weighted by atomic mass is 9.96. The summed E-state index contributed by atoms with van der Waals surface area (Å²) in [6.07, 6.45) is 2.17. The van der Waals surface area contributed by atoms with Gasteiger partial charge in [0.05, 0.1) is 12.9 Å². The third-order valence-corrected chi connectivity index (χ3v) is 4.99.